The first-order chi connectivity index (χ1) is 12.6. The van der Waals surface area contributed by atoms with Crippen LogP contribution in [0.4, 0.5) is 0 Å². The highest BCUT2D eigenvalue weighted by Gasteiger charge is 2.45. The number of piperidine rings is 1. The molecule has 0 bridgehead atoms. The normalized spacial score (nSPS) is 31.1. The quantitative estimate of drug-likeness (QED) is 0.675. The van der Waals surface area contributed by atoms with E-state index >= 15 is 0 Å². The van der Waals surface area contributed by atoms with E-state index in [0.29, 0.717) is 18.9 Å². The van der Waals surface area contributed by atoms with Crippen LogP contribution in [0.15, 0.2) is 0 Å². The van der Waals surface area contributed by atoms with E-state index in [2.05, 4.69) is 26.4 Å². The molecule has 10 heteroatoms. The van der Waals surface area contributed by atoms with E-state index < -0.39 is 0 Å². The maximum Gasteiger partial charge on any atom is 0.240 e. The molecule has 26 heavy (non-hydrogen) atoms. The van der Waals surface area contributed by atoms with Crippen molar-refractivity contribution >= 4 is 11.8 Å². The Kier molecular flexibility index (Phi) is 4.62. The van der Waals surface area contributed by atoms with Gasteiger partial charge in [0.1, 0.15) is 6.04 Å². The van der Waals surface area contributed by atoms with Gasteiger partial charge in [0.25, 0.3) is 0 Å². The van der Waals surface area contributed by atoms with Crippen LogP contribution in [0.2, 0.25) is 0 Å². The average molecular weight is 362 g/mol. The van der Waals surface area contributed by atoms with Crippen LogP contribution in [0.1, 0.15) is 37.4 Å². The number of tetrazole rings is 1. The number of likely N-dealkylation sites (tertiary alicyclic amines) is 1. The van der Waals surface area contributed by atoms with Crippen molar-refractivity contribution in [2.75, 3.05) is 27.2 Å². The number of hydrogen-bond donors (Lipinski definition) is 2. The number of aryl methyl sites for hydroxylation is 1. The molecular formula is C16H26N8O2. The van der Waals surface area contributed by atoms with Gasteiger partial charge in [-0.25, -0.2) is 10.1 Å². The standard InChI is InChI=1S/C16H26N8O2/c1-22(2)16(26)13-11-9-23(8-6-12(11)17-18-13)15(25)10-5-3-4-7-24-14(10)19-20-21-24/h10-13,17-18H,3-9H2,1-2H3. The number of fused-ring (bicyclic) bond motifs is 2. The van der Waals surface area contributed by atoms with Crippen LogP contribution < -0.4 is 10.9 Å². The summed E-state index contributed by atoms with van der Waals surface area (Å²) in [5.41, 5.74) is 6.36. The number of aromatic nitrogens is 4. The first-order valence-corrected chi connectivity index (χ1v) is 9.33. The lowest BCUT2D eigenvalue weighted by Gasteiger charge is -2.37. The fourth-order valence-electron chi connectivity index (χ4n) is 4.34. The molecular weight excluding hydrogens is 336 g/mol. The van der Waals surface area contributed by atoms with Gasteiger partial charge in [-0.05, 0) is 29.7 Å². The number of nitrogens with one attached hydrogen (secondary N) is 2. The number of carbonyl (C=O) groups excluding carboxylic acids is 2. The number of hydrogen-bond acceptors (Lipinski definition) is 7. The molecule has 2 amide bonds. The summed E-state index contributed by atoms with van der Waals surface area (Å²) in [6.45, 7) is 2.03. The molecule has 1 aromatic heterocycles. The molecule has 0 saturated carbocycles. The predicted molar refractivity (Wildman–Crippen MR) is 91.6 cm³/mol. The zero-order valence-electron chi connectivity index (χ0n) is 15.3. The van der Waals surface area contributed by atoms with Gasteiger partial charge in [0.05, 0.1) is 5.92 Å². The molecule has 0 aromatic carbocycles. The van der Waals surface area contributed by atoms with Crippen molar-refractivity contribution in [3.8, 4) is 0 Å². The molecule has 2 saturated heterocycles. The van der Waals surface area contributed by atoms with E-state index in [4.69, 9.17) is 0 Å². The first kappa shape index (κ1) is 17.3. The molecule has 3 aliphatic heterocycles. The molecule has 3 aliphatic rings. The third kappa shape index (κ3) is 2.96. The van der Waals surface area contributed by atoms with Gasteiger partial charge in [-0.1, -0.05) is 6.42 Å². The van der Waals surface area contributed by atoms with Crippen molar-refractivity contribution in [2.45, 2.75) is 50.2 Å². The van der Waals surface area contributed by atoms with Gasteiger partial charge in [0.2, 0.25) is 11.8 Å². The SMILES string of the molecule is CN(C)C(=O)C1NNC2CCN(C(=O)C3CCCCn4nnnc43)CC21. The van der Waals surface area contributed by atoms with Gasteiger partial charge in [-0.2, -0.15) is 0 Å². The van der Waals surface area contributed by atoms with E-state index in [1.807, 2.05) is 4.90 Å². The molecule has 142 valence electrons. The summed E-state index contributed by atoms with van der Waals surface area (Å²) >= 11 is 0. The maximum absolute atomic E-state index is 13.2. The Morgan fingerprint density at radius 2 is 2.00 bits per heavy atom. The van der Waals surface area contributed by atoms with Crippen LogP contribution in [0, 0.1) is 5.92 Å². The number of carbonyl (C=O) groups is 2. The van der Waals surface area contributed by atoms with Gasteiger partial charge in [0, 0.05) is 45.7 Å². The van der Waals surface area contributed by atoms with Crippen LogP contribution in [0.3, 0.4) is 0 Å². The minimum atomic E-state index is -0.301. The average Bonchev–Trinajstić information content (AvgIpc) is 3.22. The van der Waals surface area contributed by atoms with Crippen LogP contribution in [0.5, 0.6) is 0 Å². The number of rotatable bonds is 2. The fourth-order valence-corrected chi connectivity index (χ4v) is 4.34. The fraction of sp³-hybridized carbons (Fsp3) is 0.812. The number of likely N-dealkylation sites (N-methyl/N-ethyl adjacent to an activating group) is 1. The summed E-state index contributed by atoms with van der Waals surface area (Å²) in [6, 6.07) is -0.0857. The lowest BCUT2D eigenvalue weighted by atomic mass is 9.87. The largest absolute Gasteiger partial charge is 0.347 e. The van der Waals surface area contributed by atoms with Crippen molar-refractivity contribution in [3.05, 3.63) is 5.82 Å². The molecule has 10 nitrogen and oxygen atoms in total. The summed E-state index contributed by atoms with van der Waals surface area (Å²) in [5, 5.41) is 11.9. The third-order valence-corrected chi connectivity index (χ3v) is 5.81. The second kappa shape index (κ2) is 6.92. The summed E-state index contributed by atoms with van der Waals surface area (Å²) in [7, 11) is 3.52. The Hall–Kier alpha value is -2.07. The third-order valence-electron chi connectivity index (χ3n) is 5.81. The minimum absolute atomic E-state index is 0.0395. The van der Waals surface area contributed by atoms with E-state index in [0.717, 1.165) is 32.2 Å². The van der Waals surface area contributed by atoms with Gasteiger partial charge >= 0.3 is 0 Å². The number of hydrazine groups is 1. The molecule has 0 radical (unpaired) electrons. The Morgan fingerprint density at radius 3 is 2.81 bits per heavy atom. The number of amides is 2. The van der Waals surface area contributed by atoms with Crippen molar-refractivity contribution in [1.82, 2.24) is 40.9 Å². The van der Waals surface area contributed by atoms with Crippen molar-refractivity contribution in [3.63, 3.8) is 0 Å². The summed E-state index contributed by atoms with van der Waals surface area (Å²) in [5.74, 6) is 0.596. The maximum atomic E-state index is 13.2. The summed E-state index contributed by atoms with van der Waals surface area (Å²) < 4.78 is 1.76. The molecule has 2 N–H and O–H groups in total. The predicted octanol–water partition coefficient (Wildman–Crippen LogP) is -1.28. The second-order valence-electron chi connectivity index (χ2n) is 7.65. The van der Waals surface area contributed by atoms with Gasteiger partial charge in [-0.15, -0.1) is 5.10 Å². The molecule has 4 rings (SSSR count). The van der Waals surface area contributed by atoms with Crippen molar-refractivity contribution < 1.29 is 9.59 Å². The summed E-state index contributed by atoms with van der Waals surface area (Å²) in [4.78, 5) is 29.2. The topological polar surface area (TPSA) is 108 Å². The van der Waals surface area contributed by atoms with E-state index in [1.54, 1.807) is 23.7 Å². The van der Waals surface area contributed by atoms with Crippen molar-refractivity contribution in [2.24, 2.45) is 5.92 Å². The Bertz CT molecular complexity index is 690. The molecule has 4 heterocycles. The highest BCUT2D eigenvalue weighted by atomic mass is 16.2. The zero-order valence-corrected chi connectivity index (χ0v) is 15.3. The summed E-state index contributed by atoms with van der Waals surface area (Å²) in [6.07, 6.45) is 3.57. The van der Waals surface area contributed by atoms with Crippen molar-refractivity contribution in [1.29, 1.82) is 0 Å². The monoisotopic (exact) mass is 362 g/mol. The van der Waals surface area contributed by atoms with Crippen LogP contribution in [-0.2, 0) is 16.1 Å². The Balaban J connectivity index is 1.50. The second-order valence-corrected chi connectivity index (χ2v) is 7.65. The lowest BCUT2D eigenvalue weighted by molar-refractivity contribution is -0.137. The minimum Gasteiger partial charge on any atom is -0.347 e. The molecule has 4 unspecified atom stereocenters. The molecule has 1 aromatic rings. The van der Waals surface area contributed by atoms with Gasteiger partial charge in [0.15, 0.2) is 5.82 Å². The van der Waals surface area contributed by atoms with Crippen LogP contribution in [0.25, 0.3) is 0 Å². The van der Waals surface area contributed by atoms with Crippen LogP contribution >= 0.6 is 0 Å². The lowest BCUT2D eigenvalue weighted by Crippen LogP contribution is -2.52. The Morgan fingerprint density at radius 1 is 1.15 bits per heavy atom. The first-order valence-electron chi connectivity index (χ1n) is 9.33. The molecule has 0 spiro atoms. The molecule has 2 fully saturated rings. The highest BCUT2D eigenvalue weighted by molar-refractivity contribution is 5.84. The zero-order chi connectivity index (χ0) is 18.3. The van der Waals surface area contributed by atoms with E-state index in [-0.39, 0.29) is 35.7 Å². The smallest absolute Gasteiger partial charge is 0.240 e. The van der Waals surface area contributed by atoms with Crippen LogP contribution in [-0.4, -0.2) is 81.1 Å². The number of nitrogens with zero attached hydrogens (tertiary/aromatic N) is 6. The van der Waals surface area contributed by atoms with Gasteiger partial charge < -0.3 is 9.80 Å². The Labute approximate surface area is 152 Å². The highest BCUT2D eigenvalue weighted by Crippen LogP contribution is 2.30. The van der Waals surface area contributed by atoms with Gasteiger partial charge in [-0.3, -0.25) is 15.0 Å². The van der Waals surface area contributed by atoms with E-state index in [9.17, 15) is 9.59 Å². The molecule has 0 aliphatic carbocycles. The van der Waals surface area contributed by atoms with E-state index in [1.165, 1.54) is 0 Å². The molecule has 4 atom stereocenters.